The van der Waals surface area contributed by atoms with E-state index in [0.717, 1.165) is 19.1 Å². The average Bonchev–Trinajstić information content (AvgIpc) is 2.99. The molecule has 14 heavy (non-hydrogen) atoms. The Morgan fingerprint density at radius 3 is 2.79 bits per heavy atom. The number of rotatable bonds is 9. The Kier molecular flexibility index (Phi) is 6.65. The number of unbranched alkanes of at least 4 members (excludes halogenated alkanes) is 1. The number of nitrogens with one attached hydrogen (secondary N) is 1. The maximum absolute atomic E-state index is 5.22. The molecule has 1 aliphatic rings. The third kappa shape index (κ3) is 5.23. The van der Waals surface area contributed by atoms with Gasteiger partial charge in [0.05, 0.1) is 6.61 Å². The van der Waals surface area contributed by atoms with Crippen LogP contribution in [0.5, 0.6) is 0 Å². The van der Waals surface area contributed by atoms with Crippen molar-refractivity contribution >= 4 is 11.8 Å². The Labute approximate surface area is 92.2 Å². The number of ether oxygens (including phenoxy) is 1. The van der Waals surface area contributed by atoms with Crippen LogP contribution >= 0.6 is 11.8 Å². The standard InChI is InChI=1S/C11H23NOS/c1-13-9-11(10-5-6-10)12-7-3-4-8-14-2/h10-12H,3-9H2,1-2H3. The number of methoxy groups -OCH3 is 1. The quantitative estimate of drug-likeness (QED) is 0.598. The van der Waals surface area contributed by atoms with Crippen molar-refractivity contribution in [3.05, 3.63) is 0 Å². The molecule has 1 rings (SSSR count). The van der Waals surface area contributed by atoms with Crippen LogP contribution in [0.15, 0.2) is 0 Å². The smallest absolute Gasteiger partial charge is 0.0618 e. The van der Waals surface area contributed by atoms with Gasteiger partial charge in [-0.3, -0.25) is 0 Å². The zero-order valence-electron chi connectivity index (χ0n) is 9.42. The minimum atomic E-state index is 0.620. The molecule has 0 amide bonds. The Balaban J connectivity index is 1.96. The molecule has 0 spiro atoms. The normalized spacial score (nSPS) is 18.4. The molecule has 1 N–H and O–H groups in total. The summed E-state index contributed by atoms with van der Waals surface area (Å²) >= 11 is 1.94. The molecule has 0 aromatic rings. The van der Waals surface area contributed by atoms with Gasteiger partial charge in [0.1, 0.15) is 0 Å². The van der Waals surface area contributed by atoms with E-state index >= 15 is 0 Å². The van der Waals surface area contributed by atoms with Crippen molar-refractivity contribution in [3.8, 4) is 0 Å². The van der Waals surface area contributed by atoms with Gasteiger partial charge in [0, 0.05) is 13.2 Å². The van der Waals surface area contributed by atoms with Crippen molar-refractivity contribution < 1.29 is 4.74 Å². The van der Waals surface area contributed by atoms with Crippen LogP contribution < -0.4 is 5.32 Å². The van der Waals surface area contributed by atoms with E-state index in [1.165, 1.54) is 31.4 Å². The fourth-order valence-electron chi connectivity index (χ4n) is 1.70. The minimum Gasteiger partial charge on any atom is -0.383 e. The van der Waals surface area contributed by atoms with Crippen LogP contribution in [0.3, 0.4) is 0 Å². The summed E-state index contributed by atoms with van der Waals surface area (Å²) in [5.41, 5.74) is 0. The van der Waals surface area contributed by atoms with Gasteiger partial charge in [-0.15, -0.1) is 0 Å². The fraction of sp³-hybridized carbons (Fsp3) is 1.00. The highest BCUT2D eigenvalue weighted by Crippen LogP contribution is 2.32. The molecule has 0 aliphatic heterocycles. The van der Waals surface area contributed by atoms with Gasteiger partial charge in [0.15, 0.2) is 0 Å². The summed E-state index contributed by atoms with van der Waals surface area (Å²) < 4.78 is 5.22. The van der Waals surface area contributed by atoms with Crippen LogP contribution in [0, 0.1) is 5.92 Å². The van der Waals surface area contributed by atoms with Gasteiger partial charge < -0.3 is 10.1 Å². The van der Waals surface area contributed by atoms with Gasteiger partial charge in [0.25, 0.3) is 0 Å². The van der Waals surface area contributed by atoms with E-state index in [0.29, 0.717) is 6.04 Å². The Morgan fingerprint density at radius 1 is 1.43 bits per heavy atom. The van der Waals surface area contributed by atoms with Crippen LogP contribution in [-0.4, -0.2) is 38.3 Å². The molecule has 1 aliphatic carbocycles. The lowest BCUT2D eigenvalue weighted by molar-refractivity contribution is 0.157. The molecule has 1 unspecified atom stereocenters. The first-order valence-electron chi connectivity index (χ1n) is 5.59. The van der Waals surface area contributed by atoms with E-state index in [2.05, 4.69) is 11.6 Å². The molecule has 1 atom stereocenters. The first kappa shape index (κ1) is 12.3. The lowest BCUT2D eigenvalue weighted by Crippen LogP contribution is -2.35. The number of hydrogen-bond acceptors (Lipinski definition) is 3. The molecule has 1 saturated carbocycles. The van der Waals surface area contributed by atoms with Crippen molar-refractivity contribution in [1.29, 1.82) is 0 Å². The first-order chi connectivity index (χ1) is 6.88. The van der Waals surface area contributed by atoms with Crippen molar-refractivity contribution in [2.45, 2.75) is 31.7 Å². The minimum absolute atomic E-state index is 0.620. The van der Waals surface area contributed by atoms with Gasteiger partial charge in [-0.1, -0.05) is 0 Å². The maximum Gasteiger partial charge on any atom is 0.0618 e. The van der Waals surface area contributed by atoms with Crippen molar-refractivity contribution in [3.63, 3.8) is 0 Å². The van der Waals surface area contributed by atoms with E-state index in [-0.39, 0.29) is 0 Å². The summed E-state index contributed by atoms with van der Waals surface area (Å²) in [6.07, 6.45) is 7.59. The summed E-state index contributed by atoms with van der Waals surface area (Å²) in [6.45, 7) is 2.04. The predicted octanol–water partition coefficient (Wildman–Crippen LogP) is 2.14. The average molecular weight is 217 g/mol. The lowest BCUT2D eigenvalue weighted by Gasteiger charge is -2.16. The highest BCUT2D eigenvalue weighted by Gasteiger charge is 2.30. The largest absolute Gasteiger partial charge is 0.383 e. The second-order valence-electron chi connectivity index (χ2n) is 4.05. The van der Waals surface area contributed by atoms with Crippen LogP contribution in [-0.2, 0) is 4.74 Å². The van der Waals surface area contributed by atoms with Crippen LogP contribution in [0.4, 0.5) is 0 Å². The van der Waals surface area contributed by atoms with Crippen molar-refractivity contribution in [2.24, 2.45) is 5.92 Å². The van der Waals surface area contributed by atoms with Gasteiger partial charge in [-0.25, -0.2) is 0 Å². The molecular formula is C11H23NOS. The van der Waals surface area contributed by atoms with Crippen LogP contribution in [0.2, 0.25) is 0 Å². The van der Waals surface area contributed by atoms with Gasteiger partial charge in [-0.05, 0) is 50.2 Å². The molecule has 0 radical (unpaired) electrons. The molecule has 1 fully saturated rings. The third-order valence-electron chi connectivity index (χ3n) is 2.72. The molecule has 2 nitrogen and oxygen atoms in total. The van der Waals surface area contributed by atoms with E-state index in [9.17, 15) is 0 Å². The molecule has 84 valence electrons. The second kappa shape index (κ2) is 7.55. The summed E-state index contributed by atoms with van der Waals surface area (Å²) in [5, 5.41) is 3.61. The topological polar surface area (TPSA) is 21.3 Å². The molecule has 3 heteroatoms. The van der Waals surface area contributed by atoms with Gasteiger partial charge in [-0.2, -0.15) is 11.8 Å². The van der Waals surface area contributed by atoms with Crippen molar-refractivity contribution in [1.82, 2.24) is 5.32 Å². The van der Waals surface area contributed by atoms with Crippen molar-refractivity contribution in [2.75, 3.05) is 32.3 Å². The molecule has 0 aromatic heterocycles. The Bertz CT molecular complexity index is 139. The van der Waals surface area contributed by atoms with Gasteiger partial charge >= 0.3 is 0 Å². The van der Waals surface area contributed by atoms with E-state index in [1.807, 2.05) is 11.8 Å². The molecule has 0 saturated heterocycles. The zero-order valence-corrected chi connectivity index (χ0v) is 10.2. The third-order valence-corrected chi connectivity index (χ3v) is 3.42. The monoisotopic (exact) mass is 217 g/mol. The SMILES string of the molecule is COCC(NCCCCSC)C1CC1. The summed E-state index contributed by atoms with van der Waals surface area (Å²) in [7, 11) is 1.80. The second-order valence-corrected chi connectivity index (χ2v) is 5.04. The summed E-state index contributed by atoms with van der Waals surface area (Å²) in [4.78, 5) is 0. The van der Waals surface area contributed by atoms with E-state index in [1.54, 1.807) is 7.11 Å². The number of thioether (sulfide) groups is 1. The zero-order chi connectivity index (χ0) is 10.2. The maximum atomic E-state index is 5.22. The molecule has 0 heterocycles. The van der Waals surface area contributed by atoms with Gasteiger partial charge in [0.2, 0.25) is 0 Å². The predicted molar refractivity (Wildman–Crippen MR) is 64.0 cm³/mol. The van der Waals surface area contributed by atoms with Crippen LogP contribution in [0.1, 0.15) is 25.7 Å². The molecule has 0 bridgehead atoms. The lowest BCUT2D eigenvalue weighted by atomic mass is 10.2. The Morgan fingerprint density at radius 2 is 2.21 bits per heavy atom. The summed E-state index contributed by atoms with van der Waals surface area (Å²) in [6, 6.07) is 0.620. The first-order valence-corrected chi connectivity index (χ1v) is 6.99. The highest BCUT2D eigenvalue weighted by atomic mass is 32.2. The highest BCUT2D eigenvalue weighted by molar-refractivity contribution is 7.98. The Hall–Kier alpha value is 0.270. The molecule has 0 aromatic carbocycles. The number of hydrogen-bond donors (Lipinski definition) is 1. The fourth-order valence-corrected chi connectivity index (χ4v) is 2.19. The van der Waals surface area contributed by atoms with Crippen LogP contribution in [0.25, 0.3) is 0 Å². The van der Waals surface area contributed by atoms with E-state index < -0.39 is 0 Å². The summed E-state index contributed by atoms with van der Waals surface area (Å²) in [5.74, 6) is 2.19. The van der Waals surface area contributed by atoms with E-state index in [4.69, 9.17) is 4.74 Å². The molecular weight excluding hydrogens is 194 g/mol.